The van der Waals surface area contributed by atoms with E-state index in [9.17, 15) is 5.11 Å². The van der Waals surface area contributed by atoms with E-state index in [1.807, 2.05) is 6.07 Å². The summed E-state index contributed by atoms with van der Waals surface area (Å²) in [7, 11) is 0. The van der Waals surface area contributed by atoms with E-state index in [1.54, 1.807) is 12.3 Å². The van der Waals surface area contributed by atoms with Crippen LogP contribution < -0.4 is 5.32 Å². The van der Waals surface area contributed by atoms with Gasteiger partial charge in [-0.05, 0) is 38.3 Å². The van der Waals surface area contributed by atoms with Crippen LogP contribution in [-0.2, 0) is 0 Å². The first-order chi connectivity index (χ1) is 7.50. The third kappa shape index (κ3) is 3.99. The van der Waals surface area contributed by atoms with Crippen molar-refractivity contribution in [3.05, 3.63) is 24.2 Å². The van der Waals surface area contributed by atoms with E-state index in [2.05, 4.69) is 33.0 Å². The molecule has 0 spiro atoms. The number of hydrogen-bond donors (Lipinski definition) is 2. The van der Waals surface area contributed by atoms with Gasteiger partial charge in [0.1, 0.15) is 11.9 Å². The van der Waals surface area contributed by atoms with Crippen LogP contribution in [0.1, 0.15) is 46.0 Å². The Bertz CT molecular complexity index is 282. The first-order valence-electron chi connectivity index (χ1n) is 5.98. The van der Waals surface area contributed by atoms with Crippen LogP contribution in [0.25, 0.3) is 0 Å². The van der Waals surface area contributed by atoms with Crippen LogP contribution in [-0.4, -0.2) is 17.2 Å². The Hall–Kier alpha value is -0.800. The fraction of sp³-hybridized carbons (Fsp3) is 0.692. The minimum Gasteiger partial charge on any atom is -0.467 e. The molecular weight excluding hydrogens is 202 g/mol. The monoisotopic (exact) mass is 225 g/mol. The molecule has 0 fully saturated rings. The van der Waals surface area contributed by atoms with Gasteiger partial charge in [0.15, 0.2) is 0 Å². The molecule has 0 amide bonds. The van der Waals surface area contributed by atoms with Crippen molar-refractivity contribution < 1.29 is 9.52 Å². The predicted octanol–water partition coefficient (Wildman–Crippen LogP) is 2.73. The quantitative estimate of drug-likeness (QED) is 0.782. The van der Waals surface area contributed by atoms with E-state index in [0.29, 0.717) is 24.1 Å². The molecule has 0 aliphatic heterocycles. The molecule has 2 N–H and O–H groups in total. The topological polar surface area (TPSA) is 45.4 Å². The summed E-state index contributed by atoms with van der Waals surface area (Å²) in [5.41, 5.74) is 0. The summed E-state index contributed by atoms with van der Waals surface area (Å²) >= 11 is 0. The Morgan fingerprint density at radius 3 is 2.50 bits per heavy atom. The summed E-state index contributed by atoms with van der Waals surface area (Å²) in [6, 6.07) is 4.34. The molecule has 1 rings (SSSR count). The average Bonchev–Trinajstić information content (AvgIpc) is 2.69. The second-order valence-corrected chi connectivity index (χ2v) is 4.87. The number of nitrogens with one attached hydrogen (secondary N) is 1. The van der Waals surface area contributed by atoms with Gasteiger partial charge in [-0.3, -0.25) is 0 Å². The fourth-order valence-corrected chi connectivity index (χ4v) is 1.64. The lowest BCUT2D eigenvalue weighted by Gasteiger charge is -2.24. The molecule has 3 atom stereocenters. The smallest absolute Gasteiger partial charge is 0.132 e. The summed E-state index contributed by atoms with van der Waals surface area (Å²) in [6.45, 7) is 8.63. The van der Waals surface area contributed by atoms with Crippen molar-refractivity contribution in [1.82, 2.24) is 5.32 Å². The first-order valence-corrected chi connectivity index (χ1v) is 5.98. The highest BCUT2D eigenvalue weighted by Crippen LogP contribution is 2.18. The summed E-state index contributed by atoms with van der Waals surface area (Å²) < 4.78 is 5.17. The number of aliphatic hydroxyl groups is 1. The van der Waals surface area contributed by atoms with Gasteiger partial charge in [0.25, 0.3) is 0 Å². The zero-order valence-corrected chi connectivity index (χ0v) is 10.6. The van der Waals surface area contributed by atoms with Crippen molar-refractivity contribution in [3.8, 4) is 0 Å². The van der Waals surface area contributed by atoms with Crippen molar-refractivity contribution >= 4 is 0 Å². The van der Waals surface area contributed by atoms with Crippen LogP contribution in [0.2, 0.25) is 0 Å². The maximum absolute atomic E-state index is 9.90. The second kappa shape index (κ2) is 6.06. The van der Waals surface area contributed by atoms with Crippen molar-refractivity contribution in [2.45, 2.75) is 52.3 Å². The molecule has 0 aliphatic carbocycles. The summed E-state index contributed by atoms with van der Waals surface area (Å²) in [5, 5.41) is 13.4. The van der Waals surface area contributed by atoms with Gasteiger partial charge in [-0.2, -0.15) is 0 Å². The first kappa shape index (κ1) is 13.3. The minimum atomic E-state index is -0.517. The standard InChI is InChI=1S/C13H23NO2/c1-9(2)11(4)14-10(3)8-12(15)13-6-5-7-16-13/h5-7,9-12,14-15H,8H2,1-4H3. The van der Waals surface area contributed by atoms with Crippen LogP contribution in [0, 0.1) is 5.92 Å². The second-order valence-electron chi connectivity index (χ2n) is 4.87. The summed E-state index contributed by atoms with van der Waals surface area (Å²) in [6.07, 6.45) is 1.75. The highest BCUT2D eigenvalue weighted by Gasteiger charge is 2.17. The van der Waals surface area contributed by atoms with Crippen LogP contribution in [0.4, 0.5) is 0 Å². The number of hydrogen-bond acceptors (Lipinski definition) is 3. The van der Waals surface area contributed by atoms with Crippen molar-refractivity contribution in [2.24, 2.45) is 5.92 Å². The van der Waals surface area contributed by atoms with Gasteiger partial charge >= 0.3 is 0 Å². The maximum atomic E-state index is 9.90. The molecule has 0 saturated carbocycles. The summed E-state index contributed by atoms with van der Waals surface area (Å²) in [5.74, 6) is 1.24. The SMILES string of the molecule is CC(CC(O)c1ccco1)NC(C)C(C)C. The molecule has 0 aromatic carbocycles. The third-order valence-electron chi connectivity index (χ3n) is 3.00. The Morgan fingerprint density at radius 1 is 1.31 bits per heavy atom. The predicted molar refractivity (Wildman–Crippen MR) is 65.2 cm³/mol. The zero-order chi connectivity index (χ0) is 12.1. The molecule has 1 aromatic heterocycles. The van der Waals surface area contributed by atoms with E-state index in [-0.39, 0.29) is 6.04 Å². The van der Waals surface area contributed by atoms with Gasteiger partial charge in [0, 0.05) is 12.1 Å². The zero-order valence-electron chi connectivity index (χ0n) is 10.6. The molecule has 16 heavy (non-hydrogen) atoms. The minimum absolute atomic E-state index is 0.275. The molecule has 0 aliphatic rings. The number of aliphatic hydroxyl groups excluding tert-OH is 1. The van der Waals surface area contributed by atoms with Crippen LogP contribution in [0.15, 0.2) is 22.8 Å². The Morgan fingerprint density at radius 2 is 2.00 bits per heavy atom. The highest BCUT2D eigenvalue weighted by molar-refractivity contribution is 5.02. The van der Waals surface area contributed by atoms with Crippen LogP contribution >= 0.6 is 0 Å². The van der Waals surface area contributed by atoms with Gasteiger partial charge in [0.05, 0.1) is 6.26 Å². The van der Waals surface area contributed by atoms with E-state index >= 15 is 0 Å². The van der Waals surface area contributed by atoms with Gasteiger partial charge in [-0.1, -0.05) is 13.8 Å². The molecule has 1 heterocycles. The molecular formula is C13H23NO2. The van der Waals surface area contributed by atoms with E-state index in [1.165, 1.54) is 0 Å². The Labute approximate surface area is 97.9 Å². The average molecular weight is 225 g/mol. The molecule has 3 nitrogen and oxygen atoms in total. The Kier molecular flexibility index (Phi) is 5.03. The van der Waals surface area contributed by atoms with Crippen molar-refractivity contribution in [2.75, 3.05) is 0 Å². The molecule has 3 unspecified atom stereocenters. The van der Waals surface area contributed by atoms with Crippen LogP contribution in [0.5, 0.6) is 0 Å². The van der Waals surface area contributed by atoms with Gasteiger partial charge in [-0.15, -0.1) is 0 Å². The number of rotatable bonds is 6. The van der Waals surface area contributed by atoms with Crippen molar-refractivity contribution in [3.63, 3.8) is 0 Å². The normalized spacial score (nSPS) is 17.4. The largest absolute Gasteiger partial charge is 0.467 e. The molecule has 3 heteroatoms. The maximum Gasteiger partial charge on any atom is 0.132 e. The lowest BCUT2D eigenvalue weighted by Crippen LogP contribution is -2.38. The molecule has 0 saturated heterocycles. The lowest BCUT2D eigenvalue weighted by molar-refractivity contribution is 0.125. The molecule has 92 valence electrons. The molecule has 0 bridgehead atoms. The van der Waals surface area contributed by atoms with Gasteiger partial charge in [0.2, 0.25) is 0 Å². The van der Waals surface area contributed by atoms with E-state index in [0.717, 1.165) is 0 Å². The molecule has 1 aromatic rings. The van der Waals surface area contributed by atoms with E-state index < -0.39 is 6.10 Å². The third-order valence-corrected chi connectivity index (χ3v) is 3.00. The van der Waals surface area contributed by atoms with Crippen LogP contribution in [0.3, 0.4) is 0 Å². The lowest BCUT2D eigenvalue weighted by atomic mass is 10.0. The summed E-state index contributed by atoms with van der Waals surface area (Å²) in [4.78, 5) is 0. The van der Waals surface area contributed by atoms with E-state index in [4.69, 9.17) is 4.42 Å². The van der Waals surface area contributed by atoms with Gasteiger partial charge in [-0.25, -0.2) is 0 Å². The number of furan rings is 1. The van der Waals surface area contributed by atoms with Crippen molar-refractivity contribution in [1.29, 1.82) is 0 Å². The molecule has 0 radical (unpaired) electrons. The highest BCUT2D eigenvalue weighted by atomic mass is 16.4. The van der Waals surface area contributed by atoms with Gasteiger partial charge < -0.3 is 14.8 Å². The Balaban J connectivity index is 2.37. The fourth-order valence-electron chi connectivity index (χ4n) is 1.64.